The maximum absolute atomic E-state index is 13.0. The average Bonchev–Trinajstić information content (AvgIpc) is 2.74. The summed E-state index contributed by atoms with van der Waals surface area (Å²) in [7, 11) is 0. The zero-order chi connectivity index (χ0) is 26.4. The number of aliphatic imine (C=N–C) groups is 1. The Bertz CT molecular complexity index is 716. The first-order valence-corrected chi connectivity index (χ1v) is 12.3. The molecule has 0 spiro atoms. The molecule has 0 saturated heterocycles. The van der Waals surface area contributed by atoms with Gasteiger partial charge < -0.3 is 43.4 Å². The van der Waals surface area contributed by atoms with Gasteiger partial charge in [0.15, 0.2) is 12.0 Å². The van der Waals surface area contributed by atoms with Gasteiger partial charge in [0, 0.05) is 6.54 Å². The number of thioether (sulfide) groups is 1. The molecule has 0 aliphatic rings. The molecule has 3 amide bonds. The number of hydrogen-bond donors (Lipinski definition) is 8. The van der Waals surface area contributed by atoms with E-state index in [0.717, 1.165) is 0 Å². The molecule has 0 saturated carbocycles. The molecule has 34 heavy (non-hydrogen) atoms. The second-order valence-corrected chi connectivity index (χ2v) is 9.17. The van der Waals surface area contributed by atoms with Crippen molar-refractivity contribution in [3.63, 3.8) is 0 Å². The minimum absolute atomic E-state index is 0.105. The van der Waals surface area contributed by atoms with Crippen LogP contribution in [0.15, 0.2) is 4.99 Å². The molecule has 13 nitrogen and oxygen atoms in total. The summed E-state index contributed by atoms with van der Waals surface area (Å²) in [4.78, 5) is 53.4. The van der Waals surface area contributed by atoms with Crippen LogP contribution in [0.5, 0.6) is 0 Å². The lowest BCUT2D eigenvalue weighted by Crippen LogP contribution is -2.58. The fourth-order valence-electron chi connectivity index (χ4n) is 2.76. The van der Waals surface area contributed by atoms with Gasteiger partial charge in [-0.1, -0.05) is 13.8 Å². The number of aliphatic hydroxyl groups excluding tert-OH is 1. The molecule has 0 aromatic heterocycles. The van der Waals surface area contributed by atoms with Gasteiger partial charge in [0.25, 0.3) is 0 Å². The summed E-state index contributed by atoms with van der Waals surface area (Å²) in [5.41, 5.74) is 16.5. The second-order valence-electron chi connectivity index (χ2n) is 8.19. The van der Waals surface area contributed by atoms with Crippen LogP contribution >= 0.6 is 11.8 Å². The standard InChI is InChI=1S/C20H39N7O6S/c1-10(2)14(21)18(31)26-12(6-5-8-24-20(22)23)16(29)25-13(7-9-34-4)17(30)27-15(11(3)28)19(32)33/h10-15,28H,5-9,21H2,1-4H3,(H,25,29)(H,26,31)(H,27,30)(H,32,33)(H4,22,23,24). The minimum Gasteiger partial charge on any atom is -0.480 e. The molecule has 0 radical (unpaired) electrons. The van der Waals surface area contributed by atoms with E-state index in [2.05, 4.69) is 20.9 Å². The fraction of sp³-hybridized carbons (Fsp3) is 0.750. The topological polar surface area (TPSA) is 235 Å². The molecule has 0 aliphatic carbocycles. The maximum atomic E-state index is 13.0. The number of carbonyl (C=O) groups excluding carboxylic acids is 3. The molecule has 0 aromatic rings. The molecule has 0 aromatic carbocycles. The molecular weight excluding hydrogens is 466 g/mol. The molecule has 5 unspecified atom stereocenters. The third kappa shape index (κ3) is 12.0. The molecule has 0 fully saturated rings. The number of carboxylic acid groups (broad SMARTS) is 1. The Morgan fingerprint density at radius 3 is 1.94 bits per heavy atom. The Morgan fingerprint density at radius 1 is 0.941 bits per heavy atom. The second kappa shape index (κ2) is 16.1. The number of amides is 3. The van der Waals surface area contributed by atoms with Crippen molar-refractivity contribution in [1.29, 1.82) is 0 Å². The SMILES string of the molecule is CSCCC(NC(=O)C(CCCN=C(N)N)NC(=O)C(N)C(C)C)C(=O)NC(C(=O)O)C(C)O. The normalized spacial score (nSPS) is 15.4. The quantitative estimate of drug-likeness (QED) is 0.0634. The van der Waals surface area contributed by atoms with Crippen molar-refractivity contribution in [3.05, 3.63) is 0 Å². The summed E-state index contributed by atoms with van der Waals surface area (Å²) in [6.45, 7) is 4.99. The van der Waals surface area contributed by atoms with Crippen LogP contribution in [0.3, 0.4) is 0 Å². The Balaban J connectivity index is 5.55. The Kier molecular flexibility index (Phi) is 14.9. The molecule has 0 heterocycles. The van der Waals surface area contributed by atoms with Crippen LogP contribution in [0.1, 0.15) is 40.0 Å². The van der Waals surface area contributed by atoms with Gasteiger partial charge in [-0.2, -0.15) is 11.8 Å². The first-order chi connectivity index (χ1) is 15.8. The van der Waals surface area contributed by atoms with E-state index in [4.69, 9.17) is 17.2 Å². The van der Waals surface area contributed by atoms with Crippen LogP contribution in [0.4, 0.5) is 0 Å². The fourth-order valence-corrected chi connectivity index (χ4v) is 3.23. The van der Waals surface area contributed by atoms with Crippen LogP contribution in [-0.4, -0.2) is 88.7 Å². The smallest absolute Gasteiger partial charge is 0.328 e. The molecule has 14 heteroatoms. The Hall–Kier alpha value is -2.58. The Morgan fingerprint density at radius 2 is 1.47 bits per heavy atom. The van der Waals surface area contributed by atoms with Crippen molar-refractivity contribution < 1.29 is 29.4 Å². The summed E-state index contributed by atoms with van der Waals surface area (Å²) in [5, 5.41) is 26.3. The van der Waals surface area contributed by atoms with Crippen LogP contribution in [0.25, 0.3) is 0 Å². The van der Waals surface area contributed by atoms with Crippen LogP contribution < -0.4 is 33.2 Å². The van der Waals surface area contributed by atoms with E-state index in [-0.39, 0.29) is 31.3 Å². The van der Waals surface area contributed by atoms with Gasteiger partial charge in [-0.15, -0.1) is 0 Å². The Labute approximate surface area is 204 Å². The number of nitrogens with one attached hydrogen (secondary N) is 3. The average molecular weight is 506 g/mol. The number of aliphatic carboxylic acids is 1. The highest BCUT2D eigenvalue weighted by molar-refractivity contribution is 7.98. The lowest BCUT2D eigenvalue weighted by molar-refractivity contribution is -0.145. The van der Waals surface area contributed by atoms with Gasteiger partial charge in [-0.25, -0.2) is 4.79 Å². The summed E-state index contributed by atoms with van der Waals surface area (Å²) in [6, 6.07) is -4.49. The number of carboxylic acids is 1. The van der Waals surface area contributed by atoms with Gasteiger partial charge in [-0.3, -0.25) is 19.4 Å². The summed E-state index contributed by atoms with van der Waals surface area (Å²) in [6.07, 6.45) is 1.19. The molecule has 5 atom stereocenters. The van der Waals surface area contributed by atoms with Gasteiger partial charge in [0.05, 0.1) is 12.1 Å². The summed E-state index contributed by atoms with van der Waals surface area (Å²) < 4.78 is 0. The largest absolute Gasteiger partial charge is 0.480 e. The molecule has 0 aliphatic heterocycles. The van der Waals surface area contributed by atoms with Crippen LogP contribution in [-0.2, 0) is 19.2 Å². The minimum atomic E-state index is -1.54. The van der Waals surface area contributed by atoms with E-state index in [1.807, 2.05) is 6.26 Å². The first kappa shape index (κ1) is 31.4. The van der Waals surface area contributed by atoms with Crippen LogP contribution in [0, 0.1) is 5.92 Å². The first-order valence-electron chi connectivity index (χ1n) is 10.9. The predicted molar refractivity (Wildman–Crippen MR) is 131 cm³/mol. The highest BCUT2D eigenvalue weighted by Crippen LogP contribution is 2.07. The molecule has 0 rings (SSSR count). The van der Waals surface area contributed by atoms with E-state index in [1.165, 1.54) is 18.7 Å². The monoisotopic (exact) mass is 505 g/mol. The third-order valence-electron chi connectivity index (χ3n) is 4.89. The van der Waals surface area contributed by atoms with Gasteiger partial charge in [0.1, 0.15) is 12.1 Å². The number of aliphatic hydroxyl groups is 1. The van der Waals surface area contributed by atoms with E-state index in [1.54, 1.807) is 13.8 Å². The van der Waals surface area contributed by atoms with Gasteiger partial charge in [0.2, 0.25) is 17.7 Å². The lowest BCUT2D eigenvalue weighted by Gasteiger charge is -2.26. The number of guanidine groups is 1. The van der Waals surface area contributed by atoms with Crippen LogP contribution in [0.2, 0.25) is 0 Å². The summed E-state index contributed by atoms with van der Waals surface area (Å²) >= 11 is 1.43. The number of carbonyl (C=O) groups is 4. The van der Waals surface area contributed by atoms with E-state index < -0.39 is 54.0 Å². The van der Waals surface area contributed by atoms with Gasteiger partial charge >= 0.3 is 5.97 Å². The predicted octanol–water partition coefficient (Wildman–Crippen LogP) is -2.30. The number of nitrogens with zero attached hydrogens (tertiary/aromatic N) is 1. The lowest BCUT2D eigenvalue weighted by atomic mass is 10.0. The maximum Gasteiger partial charge on any atom is 0.328 e. The van der Waals surface area contributed by atoms with Crippen molar-refractivity contribution in [2.24, 2.45) is 28.1 Å². The van der Waals surface area contributed by atoms with E-state index >= 15 is 0 Å². The third-order valence-corrected chi connectivity index (χ3v) is 5.53. The number of hydrogen-bond acceptors (Lipinski definition) is 8. The molecule has 0 bridgehead atoms. The summed E-state index contributed by atoms with van der Waals surface area (Å²) in [5.74, 6) is -3.12. The van der Waals surface area contributed by atoms with Crippen molar-refractivity contribution in [2.75, 3.05) is 18.6 Å². The van der Waals surface area contributed by atoms with Crippen molar-refractivity contribution in [3.8, 4) is 0 Å². The molecule has 11 N–H and O–H groups in total. The van der Waals surface area contributed by atoms with Crippen molar-refractivity contribution in [2.45, 2.75) is 70.3 Å². The number of nitrogens with two attached hydrogens (primary N) is 3. The van der Waals surface area contributed by atoms with E-state index in [0.29, 0.717) is 12.2 Å². The van der Waals surface area contributed by atoms with E-state index in [9.17, 15) is 29.4 Å². The zero-order valence-corrected chi connectivity index (χ0v) is 20.9. The highest BCUT2D eigenvalue weighted by Gasteiger charge is 2.31. The van der Waals surface area contributed by atoms with Crippen molar-refractivity contribution in [1.82, 2.24) is 16.0 Å². The van der Waals surface area contributed by atoms with Crippen molar-refractivity contribution >= 4 is 41.4 Å². The highest BCUT2D eigenvalue weighted by atomic mass is 32.2. The van der Waals surface area contributed by atoms with Gasteiger partial charge in [-0.05, 0) is 44.1 Å². The number of rotatable bonds is 16. The molecule has 196 valence electrons. The zero-order valence-electron chi connectivity index (χ0n) is 20.1. The molecular formula is C20H39N7O6S.